The number of methoxy groups -OCH3 is 1. The van der Waals surface area contributed by atoms with E-state index in [4.69, 9.17) is 9.84 Å². The van der Waals surface area contributed by atoms with Gasteiger partial charge in [0.15, 0.2) is 0 Å². The van der Waals surface area contributed by atoms with Gasteiger partial charge in [0.1, 0.15) is 10.6 Å². The Hall–Kier alpha value is -2.06. The summed E-state index contributed by atoms with van der Waals surface area (Å²) >= 11 is 3.31. The normalized spacial score (nSPS) is 11.1. The standard InChI is InChI=1S/C16H16BrNO5S/c1-10-6-14(23-2)15(9-13(10)17)24(21,22)18-12-5-3-4-11(7-12)8-16(19)20/h3-7,9,18H,8H2,1-2H3,(H,19,20). The van der Waals surface area contributed by atoms with Gasteiger partial charge >= 0.3 is 5.97 Å². The van der Waals surface area contributed by atoms with Gasteiger partial charge in [0.25, 0.3) is 10.0 Å². The molecule has 2 aromatic rings. The molecule has 0 radical (unpaired) electrons. The number of hydrogen-bond acceptors (Lipinski definition) is 4. The molecule has 0 aliphatic rings. The number of rotatable bonds is 6. The summed E-state index contributed by atoms with van der Waals surface area (Å²) in [6.07, 6.45) is -0.186. The first kappa shape index (κ1) is 18.3. The lowest BCUT2D eigenvalue weighted by atomic mass is 10.1. The summed E-state index contributed by atoms with van der Waals surface area (Å²) in [5.41, 5.74) is 1.63. The van der Waals surface area contributed by atoms with Gasteiger partial charge in [-0.3, -0.25) is 9.52 Å². The largest absolute Gasteiger partial charge is 0.495 e. The molecule has 0 saturated heterocycles. The van der Waals surface area contributed by atoms with Crippen LogP contribution in [0.25, 0.3) is 0 Å². The first-order valence-electron chi connectivity index (χ1n) is 6.90. The molecule has 0 bridgehead atoms. The van der Waals surface area contributed by atoms with E-state index in [1.807, 2.05) is 6.92 Å². The quantitative estimate of drug-likeness (QED) is 0.758. The molecule has 8 heteroatoms. The minimum Gasteiger partial charge on any atom is -0.495 e. The fraction of sp³-hybridized carbons (Fsp3) is 0.188. The van der Waals surface area contributed by atoms with Gasteiger partial charge in [0, 0.05) is 10.2 Å². The van der Waals surface area contributed by atoms with Gasteiger partial charge in [0.2, 0.25) is 0 Å². The van der Waals surface area contributed by atoms with Crippen molar-refractivity contribution in [3.8, 4) is 5.75 Å². The highest BCUT2D eigenvalue weighted by Gasteiger charge is 2.21. The number of sulfonamides is 1. The SMILES string of the molecule is COc1cc(C)c(Br)cc1S(=O)(=O)Nc1cccc(CC(=O)O)c1. The molecule has 0 fully saturated rings. The van der Waals surface area contributed by atoms with Crippen molar-refractivity contribution in [3.63, 3.8) is 0 Å². The molecule has 0 aliphatic carbocycles. The fourth-order valence-electron chi connectivity index (χ4n) is 2.14. The van der Waals surface area contributed by atoms with Gasteiger partial charge in [0.05, 0.1) is 13.5 Å². The predicted molar refractivity (Wildman–Crippen MR) is 94.0 cm³/mol. The predicted octanol–water partition coefficient (Wildman–Crippen LogP) is 3.19. The van der Waals surface area contributed by atoms with Crippen LogP contribution in [-0.4, -0.2) is 26.6 Å². The van der Waals surface area contributed by atoms with Crippen molar-refractivity contribution in [1.29, 1.82) is 0 Å². The number of hydrogen-bond donors (Lipinski definition) is 2. The smallest absolute Gasteiger partial charge is 0.307 e. The number of carbonyl (C=O) groups is 1. The number of halogens is 1. The summed E-state index contributed by atoms with van der Waals surface area (Å²) in [6.45, 7) is 1.83. The van der Waals surface area contributed by atoms with E-state index in [2.05, 4.69) is 20.7 Å². The third-order valence-corrected chi connectivity index (χ3v) is 5.53. The molecule has 0 heterocycles. The summed E-state index contributed by atoms with van der Waals surface area (Å²) in [5, 5.41) is 8.83. The minimum absolute atomic E-state index is 0.00823. The van der Waals surface area contributed by atoms with E-state index in [1.165, 1.54) is 19.2 Å². The highest BCUT2D eigenvalue weighted by Crippen LogP contribution is 2.31. The van der Waals surface area contributed by atoms with Crippen LogP contribution in [0.3, 0.4) is 0 Å². The van der Waals surface area contributed by atoms with Crippen LogP contribution in [-0.2, 0) is 21.2 Å². The molecule has 0 aliphatic heterocycles. The van der Waals surface area contributed by atoms with E-state index in [0.717, 1.165) is 5.56 Å². The average Bonchev–Trinajstić information content (AvgIpc) is 2.48. The number of carboxylic acids is 1. The molecule has 6 nitrogen and oxygen atoms in total. The lowest BCUT2D eigenvalue weighted by molar-refractivity contribution is -0.136. The Balaban J connectivity index is 2.39. The Bertz CT molecular complexity index is 880. The molecule has 128 valence electrons. The molecular weight excluding hydrogens is 398 g/mol. The van der Waals surface area contributed by atoms with Gasteiger partial charge in [-0.1, -0.05) is 28.1 Å². The molecule has 0 amide bonds. The highest BCUT2D eigenvalue weighted by atomic mass is 79.9. The van der Waals surface area contributed by atoms with Crippen LogP contribution in [0, 0.1) is 6.92 Å². The Morgan fingerprint density at radius 3 is 2.62 bits per heavy atom. The van der Waals surface area contributed by atoms with Crippen LogP contribution in [0.4, 0.5) is 5.69 Å². The van der Waals surface area contributed by atoms with Crippen LogP contribution in [0.5, 0.6) is 5.75 Å². The number of nitrogens with one attached hydrogen (secondary N) is 1. The van der Waals surface area contributed by atoms with E-state index < -0.39 is 16.0 Å². The molecule has 0 unspecified atom stereocenters. The summed E-state index contributed by atoms with van der Waals surface area (Å²) < 4.78 is 33.6. The molecule has 2 rings (SSSR count). The van der Waals surface area contributed by atoms with Gasteiger partial charge in [-0.05, 0) is 42.3 Å². The lowest BCUT2D eigenvalue weighted by Gasteiger charge is -2.13. The monoisotopic (exact) mass is 413 g/mol. The van der Waals surface area contributed by atoms with Gasteiger partial charge in [-0.25, -0.2) is 8.42 Å². The Morgan fingerprint density at radius 2 is 2.00 bits per heavy atom. The zero-order valence-electron chi connectivity index (χ0n) is 13.0. The second-order valence-corrected chi connectivity index (χ2v) is 7.63. The summed E-state index contributed by atoms with van der Waals surface area (Å²) in [6, 6.07) is 9.35. The summed E-state index contributed by atoms with van der Waals surface area (Å²) in [5.74, 6) is -0.760. The van der Waals surface area contributed by atoms with Crippen molar-refractivity contribution in [2.24, 2.45) is 0 Å². The number of benzene rings is 2. The molecule has 0 atom stereocenters. The lowest BCUT2D eigenvalue weighted by Crippen LogP contribution is -2.14. The second-order valence-electron chi connectivity index (χ2n) is 5.13. The second kappa shape index (κ2) is 7.23. The van der Waals surface area contributed by atoms with Crippen molar-refractivity contribution in [1.82, 2.24) is 0 Å². The van der Waals surface area contributed by atoms with Gasteiger partial charge < -0.3 is 9.84 Å². The number of ether oxygens (including phenoxy) is 1. The zero-order chi connectivity index (χ0) is 17.9. The van der Waals surface area contributed by atoms with Crippen LogP contribution < -0.4 is 9.46 Å². The van der Waals surface area contributed by atoms with Crippen molar-refractivity contribution in [2.75, 3.05) is 11.8 Å². The third kappa shape index (κ3) is 4.27. The number of aryl methyl sites for hydroxylation is 1. The van der Waals surface area contributed by atoms with Crippen molar-refractivity contribution in [2.45, 2.75) is 18.2 Å². The van der Waals surface area contributed by atoms with E-state index in [1.54, 1.807) is 24.3 Å². The highest BCUT2D eigenvalue weighted by molar-refractivity contribution is 9.10. The van der Waals surface area contributed by atoms with Crippen LogP contribution >= 0.6 is 15.9 Å². The van der Waals surface area contributed by atoms with Crippen molar-refractivity contribution in [3.05, 3.63) is 52.0 Å². The Morgan fingerprint density at radius 1 is 1.29 bits per heavy atom. The van der Waals surface area contributed by atoms with Gasteiger partial charge in [-0.15, -0.1) is 0 Å². The molecule has 0 aromatic heterocycles. The topological polar surface area (TPSA) is 92.7 Å². The van der Waals surface area contributed by atoms with Crippen molar-refractivity contribution >= 4 is 37.6 Å². The maximum absolute atomic E-state index is 12.7. The van der Waals surface area contributed by atoms with E-state index >= 15 is 0 Å². The number of anilines is 1. The third-order valence-electron chi connectivity index (χ3n) is 3.27. The van der Waals surface area contributed by atoms with Crippen molar-refractivity contribution < 1.29 is 23.1 Å². The summed E-state index contributed by atoms with van der Waals surface area (Å²) in [7, 11) is -2.50. The molecule has 2 aromatic carbocycles. The molecule has 0 spiro atoms. The van der Waals surface area contributed by atoms with Crippen LogP contribution in [0.1, 0.15) is 11.1 Å². The Labute approximate surface area is 148 Å². The molecule has 24 heavy (non-hydrogen) atoms. The first-order chi connectivity index (χ1) is 11.2. The maximum atomic E-state index is 12.7. The van der Waals surface area contributed by atoms with Gasteiger partial charge in [-0.2, -0.15) is 0 Å². The molecule has 0 saturated carbocycles. The van der Waals surface area contributed by atoms with Crippen LogP contribution in [0.2, 0.25) is 0 Å². The van der Waals surface area contributed by atoms with E-state index in [0.29, 0.717) is 10.0 Å². The van der Waals surface area contributed by atoms with E-state index in [9.17, 15) is 13.2 Å². The molecule has 2 N–H and O–H groups in total. The fourth-order valence-corrected chi connectivity index (χ4v) is 3.86. The minimum atomic E-state index is -3.89. The Kier molecular flexibility index (Phi) is 5.51. The zero-order valence-corrected chi connectivity index (χ0v) is 15.4. The maximum Gasteiger partial charge on any atom is 0.307 e. The number of aliphatic carboxylic acids is 1. The van der Waals surface area contributed by atoms with E-state index in [-0.39, 0.29) is 22.8 Å². The molecular formula is C16H16BrNO5S. The average molecular weight is 414 g/mol. The summed E-state index contributed by atoms with van der Waals surface area (Å²) in [4.78, 5) is 10.8. The first-order valence-corrected chi connectivity index (χ1v) is 9.18. The van der Waals surface area contributed by atoms with Crippen LogP contribution in [0.15, 0.2) is 45.8 Å². The number of carboxylic acid groups (broad SMARTS) is 1.